The fourth-order valence-corrected chi connectivity index (χ4v) is 4.96. The van der Waals surface area contributed by atoms with Gasteiger partial charge in [0.15, 0.2) is 0 Å². The van der Waals surface area contributed by atoms with E-state index in [4.69, 9.17) is 19.9 Å². The predicted octanol–water partition coefficient (Wildman–Crippen LogP) is 3.84. The lowest BCUT2D eigenvalue weighted by atomic mass is 9.97. The second kappa shape index (κ2) is 8.41. The van der Waals surface area contributed by atoms with Gasteiger partial charge in [-0.05, 0) is 22.4 Å². The zero-order valence-corrected chi connectivity index (χ0v) is 17.3. The summed E-state index contributed by atoms with van der Waals surface area (Å²) < 4.78 is 16.4. The summed E-state index contributed by atoms with van der Waals surface area (Å²) in [6.45, 7) is 2.74. The van der Waals surface area contributed by atoms with Crippen LogP contribution in [0, 0.1) is 0 Å². The maximum atomic E-state index is 12.6. The Hall–Kier alpha value is -2.61. The molecule has 0 radical (unpaired) electrons. The Morgan fingerprint density at radius 2 is 1.86 bits per heavy atom. The highest BCUT2D eigenvalue weighted by molar-refractivity contribution is 7.18. The number of carbonyl (C=O) groups excluding carboxylic acids is 1. The molecular weight excluding hydrogens is 388 g/mol. The van der Waals surface area contributed by atoms with Crippen molar-refractivity contribution >= 4 is 38.8 Å². The molecule has 1 atom stereocenters. The molecule has 6 nitrogen and oxygen atoms in total. The topological polar surface area (TPSA) is 74.0 Å². The van der Waals surface area contributed by atoms with Crippen LogP contribution in [0.15, 0.2) is 42.5 Å². The maximum Gasteiger partial charge on any atom is 0.348 e. The van der Waals surface area contributed by atoms with Crippen molar-refractivity contribution in [3.63, 3.8) is 0 Å². The lowest BCUT2D eigenvalue weighted by Crippen LogP contribution is -2.36. The number of hydrogen-bond donors (Lipinski definition) is 1. The average molecular weight is 413 g/mol. The molecule has 2 N–H and O–H groups in total. The molecule has 0 amide bonds. The molecule has 1 unspecified atom stereocenters. The molecule has 152 valence electrons. The van der Waals surface area contributed by atoms with Crippen LogP contribution in [-0.4, -0.2) is 46.5 Å². The minimum Gasteiger partial charge on any atom is -0.465 e. The van der Waals surface area contributed by atoms with E-state index in [0.717, 1.165) is 34.4 Å². The van der Waals surface area contributed by atoms with Gasteiger partial charge in [-0.1, -0.05) is 36.4 Å². The molecule has 4 rings (SSSR count). The second-order valence-corrected chi connectivity index (χ2v) is 7.88. The number of benzene rings is 2. The number of esters is 1. The summed E-state index contributed by atoms with van der Waals surface area (Å²) in [6, 6.07) is 14.3. The van der Waals surface area contributed by atoms with Crippen molar-refractivity contribution < 1.29 is 19.0 Å². The molecule has 0 aliphatic carbocycles. The van der Waals surface area contributed by atoms with Gasteiger partial charge in [0.1, 0.15) is 16.0 Å². The maximum absolute atomic E-state index is 12.6. The number of carbonyl (C=O) groups is 1. The first kappa shape index (κ1) is 19.7. The van der Waals surface area contributed by atoms with Crippen LogP contribution >= 0.6 is 11.3 Å². The number of thiophene rings is 1. The molecule has 1 saturated heterocycles. The number of nitrogens with zero attached hydrogens (tertiary/aromatic N) is 1. The summed E-state index contributed by atoms with van der Waals surface area (Å²) in [7, 11) is 3.01. The highest BCUT2D eigenvalue weighted by Crippen LogP contribution is 2.45. The molecule has 1 fully saturated rings. The second-order valence-electron chi connectivity index (χ2n) is 6.88. The summed E-state index contributed by atoms with van der Waals surface area (Å²) in [5, 5.41) is 3.12. The average Bonchev–Trinajstić information content (AvgIpc) is 3.11. The van der Waals surface area contributed by atoms with Gasteiger partial charge in [-0.3, -0.25) is 0 Å². The van der Waals surface area contributed by atoms with Crippen LogP contribution in [0.4, 0.5) is 10.7 Å². The Morgan fingerprint density at radius 1 is 1.14 bits per heavy atom. The van der Waals surface area contributed by atoms with Crippen molar-refractivity contribution in [2.45, 2.75) is 6.10 Å². The van der Waals surface area contributed by atoms with E-state index in [0.29, 0.717) is 29.3 Å². The number of anilines is 2. The lowest BCUT2D eigenvalue weighted by Gasteiger charge is -2.28. The Kier molecular flexibility index (Phi) is 5.71. The van der Waals surface area contributed by atoms with Crippen LogP contribution in [0.25, 0.3) is 10.8 Å². The monoisotopic (exact) mass is 412 g/mol. The molecule has 1 aliphatic rings. The molecule has 1 aromatic heterocycles. The fourth-order valence-electron chi connectivity index (χ4n) is 3.74. The third kappa shape index (κ3) is 3.69. The molecule has 2 aromatic carbocycles. The van der Waals surface area contributed by atoms with Crippen LogP contribution in [0.5, 0.6) is 0 Å². The van der Waals surface area contributed by atoms with Crippen molar-refractivity contribution in [2.24, 2.45) is 0 Å². The number of nitrogens with two attached hydrogens (primary N) is 1. The number of ether oxygens (including phenoxy) is 3. The van der Waals surface area contributed by atoms with Crippen LogP contribution < -0.4 is 10.6 Å². The summed E-state index contributed by atoms with van der Waals surface area (Å²) in [4.78, 5) is 15.2. The fraction of sp³-hybridized carbons (Fsp3) is 0.318. The van der Waals surface area contributed by atoms with Crippen molar-refractivity contribution in [3.05, 3.63) is 58.5 Å². The molecule has 0 bridgehead atoms. The molecule has 2 heterocycles. The van der Waals surface area contributed by atoms with Crippen LogP contribution in [0.1, 0.15) is 26.9 Å². The van der Waals surface area contributed by atoms with E-state index in [2.05, 4.69) is 29.2 Å². The van der Waals surface area contributed by atoms with Crippen LogP contribution in [-0.2, 0) is 14.2 Å². The third-order valence-electron chi connectivity index (χ3n) is 5.21. The van der Waals surface area contributed by atoms with E-state index >= 15 is 0 Å². The van der Waals surface area contributed by atoms with Crippen molar-refractivity contribution in [1.29, 1.82) is 0 Å². The van der Waals surface area contributed by atoms with Crippen molar-refractivity contribution in [2.75, 3.05) is 51.2 Å². The third-order valence-corrected chi connectivity index (χ3v) is 6.47. The van der Waals surface area contributed by atoms with E-state index in [-0.39, 0.29) is 0 Å². The number of methoxy groups -OCH3 is 2. The molecule has 7 heteroatoms. The molecular formula is C22H24N2O4S. The molecule has 0 spiro atoms. The Bertz CT molecular complexity index is 1030. The van der Waals surface area contributed by atoms with Gasteiger partial charge in [0.2, 0.25) is 0 Å². The first-order valence-electron chi connectivity index (χ1n) is 9.48. The van der Waals surface area contributed by atoms with Gasteiger partial charge in [-0.25, -0.2) is 4.79 Å². The zero-order valence-electron chi connectivity index (χ0n) is 16.5. The number of hydrogen-bond acceptors (Lipinski definition) is 7. The quantitative estimate of drug-likeness (QED) is 0.642. The normalized spacial score (nSPS) is 15.4. The minimum atomic E-state index is -0.472. The van der Waals surface area contributed by atoms with Crippen LogP contribution in [0.2, 0.25) is 0 Å². The molecule has 3 aromatic rings. The number of morpholine rings is 1. The lowest BCUT2D eigenvalue weighted by molar-refractivity contribution is 0.0598. The summed E-state index contributed by atoms with van der Waals surface area (Å²) in [5.41, 5.74) is 8.77. The number of fused-ring (bicyclic) bond motifs is 1. The van der Waals surface area contributed by atoms with E-state index in [1.807, 2.05) is 18.2 Å². The highest BCUT2D eigenvalue weighted by atomic mass is 32.1. The van der Waals surface area contributed by atoms with Gasteiger partial charge >= 0.3 is 5.97 Å². The van der Waals surface area contributed by atoms with Gasteiger partial charge < -0.3 is 24.8 Å². The van der Waals surface area contributed by atoms with Gasteiger partial charge in [-0.2, -0.15) is 0 Å². The zero-order chi connectivity index (χ0) is 20.4. The standard InChI is InChI=1S/C22H24N2O4S/c1-26-19(16-8-7-14-5-3-4-6-15(14)13-16)17-18(23)21(24-9-11-28-12-10-24)29-20(17)22(25)27-2/h3-8,13,19H,9-12,23H2,1-2H3. The Morgan fingerprint density at radius 3 is 2.55 bits per heavy atom. The molecule has 29 heavy (non-hydrogen) atoms. The van der Waals surface area contributed by atoms with Gasteiger partial charge in [0.05, 0.1) is 26.0 Å². The first-order valence-corrected chi connectivity index (χ1v) is 10.3. The van der Waals surface area contributed by atoms with E-state index in [9.17, 15) is 4.79 Å². The van der Waals surface area contributed by atoms with E-state index in [1.54, 1.807) is 7.11 Å². The Labute approximate surface area is 173 Å². The molecule has 0 saturated carbocycles. The Balaban J connectivity index is 1.83. The summed E-state index contributed by atoms with van der Waals surface area (Å²) in [6.07, 6.45) is -0.472. The minimum absolute atomic E-state index is 0.404. The summed E-state index contributed by atoms with van der Waals surface area (Å²) in [5.74, 6) is -0.404. The highest BCUT2D eigenvalue weighted by Gasteiger charge is 2.31. The smallest absolute Gasteiger partial charge is 0.348 e. The predicted molar refractivity (Wildman–Crippen MR) is 116 cm³/mol. The van der Waals surface area contributed by atoms with Gasteiger partial charge in [0.25, 0.3) is 0 Å². The van der Waals surface area contributed by atoms with E-state index < -0.39 is 12.1 Å². The number of rotatable bonds is 5. The van der Waals surface area contributed by atoms with Crippen molar-refractivity contribution in [1.82, 2.24) is 0 Å². The number of nitrogen functional groups attached to an aromatic ring is 1. The van der Waals surface area contributed by atoms with Crippen LogP contribution in [0.3, 0.4) is 0 Å². The largest absolute Gasteiger partial charge is 0.465 e. The van der Waals surface area contributed by atoms with Gasteiger partial charge in [0, 0.05) is 25.8 Å². The summed E-state index contributed by atoms with van der Waals surface area (Å²) >= 11 is 1.36. The molecule has 1 aliphatic heterocycles. The van der Waals surface area contributed by atoms with Crippen molar-refractivity contribution in [3.8, 4) is 0 Å². The first-order chi connectivity index (χ1) is 14.1. The van der Waals surface area contributed by atoms with Gasteiger partial charge in [-0.15, -0.1) is 11.3 Å². The van der Waals surface area contributed by atoms with E-state index in [1.165, 1.54) is 18.4 Å². The SMILES string of the molecule is COC(=O)c1sc(N2CCOCC2)c(N)c1C(OC)c1ccc2ccccc2c1.